The monoisotopic (exact) mass is 308 g/mol. The van der Waals surface area contributed by atoms with Crippen LogP contribution in [0.1, 0.15) is 12.8 Å². The molecule has 0 saturated carbocycles. The van der Waals surface area contributed by atoms with Crippen molar-refractivity contribution >= 4 is 16.9 Å². The number of piperidine rings is 1. The Bertz CT molecular complexity index is 790. The number of nitrogens with zero attached hydrogens (tertiary/aromatic N) is 3. The van der Waals surface area contributed by atoms with Gasteiger partial charge in [-0.3, -0.25) is 5.10 Å². The van der Waals surface area contributed by atoms with E-state index in [1.165, 1.54) is 12.8 Å². The average Bonchev–Trinajstić information content (AvgIpc) is 3.05. The molecule has 6 heteroatoms. The van der Waals surface area contributed by atoms with Crippen LogP contribution in [-0.4, -0.2) is 39.8 Å². The smallest absolute Gasteiger partial charge is 0.155 e. The van der Waals surface area contributed by atoms with Crippen LogP contribution in [0, 0.1) is 5.92 Å². The summed E-state index contributed by atoms with van der Waals surface area (Å²) in [6.07, 6.45) is 4.21. The number of pyridine rings is 2. The molecule has 0 radical (unpaired) electrons. The van der Waals surface area contributed by atoms with Crippen LogP contribution in [0.4, 0.5) is 5.82 Å². The second-order valence-electron chi connectivity index (χ2n) is 5.95. The molecular formula is C17H20N6. The minimum atomic E-state index is 0.720. The normalized spacial score (nSPS) is 15.8. The third kappa shape index (κ3) is 3.03. The highest BCUT2D eigenvalue weighted by molar-refractivity contribution is 5.89. The molecular weight excluding hydrogens is 288 g/mol. The van der Waals surface area contributed by atoms with Gasteiger partial charge < -0.3 is 10.6 Å². The zero-order valence-corrected chi connectivity index (χ0v) is 12.9. The molecule has 0 aliphatic carbocycles. The molecule has 4 rings (SSSR count). The molecule has 1 aliphatic rings. The largest absolute Gasteiger partial charge is 0.370 e. The molecule has 118 valence electrons. The van der Waals surface area contributed by atoms with E-state index in [0.717, 1.165) is 53.8 Å². The maximum atomic E-state index is 4.71. The molecule has 4 heterocycles. The van der Waals surface area contributed by atoms with E-state index in [2.05, 4.69) is 25.8 Å². The van der Waals surface area contributed by atoms with Gasteiger partial charge in [0, 0.05) is 18.1 Å². The molecule has 6 nitrogen and oxygen atoms in total. The fraction of sp³-hybridized carbons (Fsp3) is 0.353. The molecule has 1 aliphatic heterocycles. The third-order valence-electron chi connectivity index (χ3n) is 4.36. The molecule has 1 fully saturated rings. The first kappa shape index (κ1) is 14.1. The molecule has 3 aromatic heterocycles. The van der Waals surface area contributed by atoms with E-state index in [1.807, 2.05) is 30.3 Å². The first-order valence-electron chi connectivity index (χ1n) is 8.11. The summed E-state index contributed by atoms with van der Waals surface area (Å²) in [5.74, 6) is 1.62. The van der Waals surface area contributed by atoms with Gasteiger partial charge in [-0.25, -0.2) is 9.97 Å². The highest BCUT2D eigenvalue weighted by atomic mass is 15.2. The van der Waals surface area contributed by atoms with Crippen molar-refractivity contribution in [3.8, 4) is 11.4 Å². The third-order valence-corrected chi connectivity index (χ3v) is 4.36. The van der Waals surface area contributed by atoms with Crippen LogP contribution in [-0.2, 0) is 0 Å². The van der Waals surface area contributed by atoms with Crippen molar-refractivity contribution in [1.29, 1.82) is 0 Å². The molecule has 3 N–H and O–H groups in total. The van der Waals surface area contributed by atoms with Crippen molar-refractivity contribution in [2.75, 3.05) is 25.0 Å². The lowest BCUT2D eigenvalue weighted by atomic mass is 9.98. The zero-order chi connectivity index (χ0) is 15.5. The van der Waals surface area contributed by atoms with E-state index in [0.29, 0.717) is 0 Å². The van der Waals surface area contributed by atoms with E-state index in [4.69, 9.17) is 4.98 Å². The summed E-state index contributed by atoms with van der Waals surface area (Å²) in [4.78, 5) is 8.99. The molecule has 0 aromatic carbocycles. The number of hydrogen-bond donors (Lipinski definition) is 3. The minimum Gasteiger partial charge on any atom is -0.370 e. The minimum absolute atomic E-state index is 0.720. The molecule has 23 heavy (non-hydrogen) atoms. The number of hydrogen-bond acceptors (Lipinski definition) is 5. The Kier molecular flexibility index (Phi) is 3.90. The van der Waals surface area contributed by atoms with Crippen LogP contribution in [0.25, 0.3) is 22.4 Å². The summed E-state index contributed by atoms with van der Waals surface area (Å²) in [6, 6.07) is 9.94. The Morgan fingerprint density at radius 1 is 1.13 bits per heavy atom. The molecule has 0 spiro atoms. The van der Waals surface area contributed by atoms with Gasteiger partial charge in [-0.15, -0.1) is 0 Å². The topological polar surface area (TPSA) is 78.5 Å². The SMILES string of the molecule is c1cc(NCC2CCNCC2)nc(-c2n[nH]c3ncccc23)c1. The second kappa shape index (κ2) is 6.34. The summed E-state index contributed by atoms with van der Waals surface area (Å²) in [5, 5.41) is 15.2. The van der Waals surface area contributed by atoms with Gasteiger partial charge in [-0.1, -0.05) is 6.07 Å². The number of H-pyrrole nitrogens is 1. The van der Waals surface area contributed by atoms with E-state index in [1.54, 1.807) is 6.20 Å². The van der Waals surface area contributed by atoms with Crippen LogP contribution in [0.3, 0.4) is 0 Å². The van der Waals surface area contributed by atoms with Gasteiger partial charge in [0.2, 0.25) is 0 Å². The quantitative estimate of drug-likeness (QED) is 0.690. The molecule has 0 amide bonds. The fourth-order valence-electron chi connectivity index (χ4n) is 3.05. The van der Waals surface area contributed by atoms with Crippen molar-refractivity contribution in [3.63, 3.8) is 0 Å². The highest BCUT2D eigenvalue weighted by Crippen LogP contribution is 2.24. The number of aromatic amines is 1. The predicted molar refractivity (Wildman–Crippen MR) is 91.2 cm³/mol. The number of rotatable bonds is 4. The Balaban J connectivity index is 1.54. The zero-order valence-electron chi connectivity index (χ0n) is 12.9. The number of anilines is 1. The van der Waals surface area contributed by atoms with Crippen molar-refractivity contribution in [2.24, 2.45) is 5.92 Å². The second-order valence-corrected chi connectivity index (χ2v) is 5.95. The van der Waals surface area contributed by atoms with Crippen LogP contribution in [0.15, 0.2) is 36.5 Å². The molecule has 3 aromatic rings. The van der Waals surface area contributed by atoms with Crippen LogP contribution in [0.2, 0.25) is 0 Å². The summed E-state index contributed by atoms with van der Waals surface area (Å²) >= 11 is 0. The lowest BCUT2D eigenvalue weighted by molar-refractivity contribution is 0.389. The maximum absolute atomic E-state index is 4.71. The molecule has 0 atom stereocenters. The van der Waals surface area contributed by atoms with Gasteiger partial charge in [0.25, 0.3) is 0 Å². The summed E-state index contributed by atoms with van der Waals surface area (Å²) in [6.45, 7) is 3.21. The predicted octanol–water partition coefficient (Wildman–Crippen LogP) is 2.43. The standard InChI is InChI=1S/C17H20N6/c1-4-14(16-13-3-2-8-19-17(13)23-22-16)21-15(5-1)20-11-12-6-9-18-10-7-12/h1-5,8,12,18H,6-7,9-11H2,(H,20,21)(H,19,22,23). The molecule has 0 unspecified atom stereocenters. The summed E-state index contributed by atoms with van der Waals surface area (Å²) in [5.41, 5.74) is 2.50. The average molecular weight is 308 g/mol. The Labute approximate surface area is 134 Å². The highest BCUT2D eigenvalue weighted by Gasteiger charge is 2.13. The van der Waals surface area contributed by atoms with Crippen molar-refractivity contribution < 1.29 is 0 Å². The van der Waals surface area contributed by atoms with Gasteiger partial charge in [-0.2, -0.15) is 5.10 Å². The molecule has 0 bridgehead atoms. The number of aromatic nitrogens is 4. The first-order chi connectivity index (χ1) is 11.4. The first-order valence-corrected chi connectivity index (χ1v) is 8.11. The summed E-state index contributed by atoms with van der Waals surface area (Å²) in [7, 11) is 0. The lowest BCUT2D eigenvalue weighted by Gasteiger charge is -2.23. The van der Waals surface area contributed by atoms with E-state index in [-0.39, 0.29) is 0 Å². The number of nitrogens with one attached hydrogen (secondary N) is 3. The fourth-order valence-corrected chi connectivity index (χ4v) is 3.05. The van der Waals surface area contributed by atoms with Gasteiger partial charge in [0.1, 0.15) is 11.5 Å². The van der Waals surface area contributed by atoms with Crippen molar-refractivity contribution in [3.05, 3.63) is 36.5 Å². The Hall–Kier alpha value is -2.47. The van der Waals surface area contributed by atoms with Crippen molar-refractivity contribution in [1.82, 2.24) is 25.5 Å². The van der Waals surface area contributed by atoms with Crippen LogP contribution in [0.5, 0.6) is 0 Å². The lowest BCUT2D eigenvalue weighted by Crippen LogP contribution is -2.31. The van der Waals surface area contributed by atoms with Gasteiger partial charge >= 0.3 is 0 Å². The Morgan fingerprint density at radius 2 is 2.04 bits per heavy atom. The van der Waals surface area contributed by atoms with Gasteiger partial charge in [-0.05, 0) is 56.1 Å². The van der Waals surface area contributed by atoms with Crippen molar-refractivity contribution in [2.45, 2.75) is 12.8 Å². The summed E-state index contributed by atoms with van der Waals surface area (Å²) < 4.78 is 0. The Morgan fingerprint density at radius 3 is 2.96 bits per heavy atom. The molecule has 1 saturated heterocycles. The van der Waals surface area contributed by atoms with E-state index >= 15 is 0 Å². The number of fused-ring (bicyclic) bond motifs is 1. The van der Waals surface area contributed by atoms with E-state index < -0.39 is 0 Å². The van der Waals surface area contributed by atoms with Gasteiger partial charge in [0.05, 0.1) is 5.69 Å². The van der Waals surface area contributed by atoms with E-state index in [9.17, 15) is 0 Å². The van der Waals surface area contributed by atoms with Crippen LogP contribution >= 0.6 is 0 Å². The van der Waals surface area contributed by atoms with Gasteiger partial charge in [0.15, 0.2) is 5.65 Å². The van der Waals surface area contributed by atoms with Crippen LogP contribution < -0.4 is 10.6 Å². The maximum Gasteiger partial charge on any atom is 0.155 e.